The molecule has 0 aromatic heterocycles. The predicted molar refractivity (Wildman–Crippen MR) is 104 cm³/mol. The Kier molecular flexibility index (Phi) is 5.55. The number of hydrogen-bond acceptors (Lipinski definition) is 3. The fourth-order valence-electron chi connectivity index (χ4n) is 2.98. The summed E-state index contributed by atoms with van der Waals surface area (Å²) in [5.74, 6) is -0.525. The Hall–Kier alpha value is -3.41. The van der Waals surface area contributed by atoms with Crippen LogP contribution in [0.2, 0.25) is 0 Å². The van der Waals surface area contributed by atoms with Crippen molar-refractivity contribution in [3.05, 3.63) is 77.9 Å². The molecular weight excluding hydrogens is 381 g/mol. The fourth-order valence-corrected chi connectivity index (χ4v) is 2.98. The zero-order chi connectivity index (χ0) is 21.2. The number of rotatable bonds is 5. The van der Waals surface area contributed by atoms with E-state index in [1.54, 1.807) is 48.5 Å². The van der Waals surface area contributed by atoms with Crippen molar-refractivity contribution >= 4 is 11.6 Å². The van der Waals surface area contributed by atoms with Gasteiger partial charge < -0.3 is 4.74 Å². The van der Waals surface area contributed by atoms with E-state index in [4.69, 9.17) is 0 Å². The van der Waals surface area contributed by atoms with E-state index < -0.39 is 6.36 Å². The number of hydrogen-bond donors (Lipinski definition) is 0. The van der Waals surface area contributed by atoms with Gasteiger partial charge in [0.25, 0.3) is 0 Å². The third-order valence-corrected chi connectivity index (χ3v) is 4.43. The van der Waals surface area contributed by atoms with Crippen LogP contribution in [0.15, 0.2) is 66.7 Å². The topological polar surface area (TPSA) is 43.4 Å². The second-order valence-electron chi connectivity index (χ2n) is 6.52. The fraction of sp³-hybridized carbons (Fsp3) is 0.130. The number of halogens is 3. The molecule has 0 saturated carbocycles. The van der Waals surface area contributed by atoms with Gasteiger partial charge in [0.2, 0.25) is 0 Å². The van der Waals surface area contributed by atoms with Crippen LogP contribution in [-0.2, 0) is 0 Å². The molecule has 0 amide bonds. The first-order chi connectivity index (χ1) is 13.6. The number of carbonyl (C=O) groups is 2. The molecule has 0 radical (unpaired) electrons. The molecule has 0 fully saturated rings. The Balaban J connectivity index is 2.11. The molecule has 0 spiro atoms. The molecular formula is C23H17F3O3. The van der Waals surface area contributed by atoms with Crippen LogP contribution in [0, 0.1) is 0 Å². The molecule has 0 atom stereocenters. The Labute approximate surface area is 165 Å². The quantitative estimate of drug-likeness (QED) is 0.472. The molecule has 0 N–H and O–H groups in total. The SMILES string of the molecule is CC(=O)c1ccc(-c2ccc(OC(F)(F)F)cc2-c2ccc(C(C)=O)cc2)cc1. The minimum atomic E-state index is -4.81. The highest BCUT2D eigenvalue weighted by molar-refractivity contribution is 5.96. The standard InChI is InChI=1S/C23H17F3O3/c1-14(27)16-3-7-18(8-4-16)21-12-11-20(29-23(24,25)26)13-22(21)19-9-5-17(6-10-19)15(2)28/h3-13H,1-2H3. The monoisotopic (exact) mass is 398 g/mol. The molecule has 0 aliphatic rings. The summed E-state index contributed by atoms with van der Waals surface area (Å²) in [7, 11) is 0. The number of carbonyl (C=O) groups excluding carboxylic acids is 2. The average Bonchev–Trinajstić information content (AvgIpc) is 2.67. The van der Waals surface area contributed by atoms with E-state index in [9.17, 15) is 22.8 Å². The van der Waals surface area contributed by atoms with Gasteiger partial charge in [0.1, 0.15) is 5.75 Å². The van der Waals surface area contributed by atoms with Crippen molar-refractivity contribution < 1.29 is 27.5 Å². The maximum absolute atomic E-state index is 12.7. The van der Waals surface area contributed by atoms with Crippen LogP contribution in [0.1, 0.15) is 34.6 Å². The Morgan fingerprint density at radius 1 is 0.690 bits per heavy atom. The summed E-state index contributed by atoms with van der Waals surface area (Å²) in [5, 5.41) is 0. The Bertz CT molecular complexity index is 1050. The van der Waals surface area contributed by atoms with E-state index in [-0.39, 0.29) is 17.3 Å². The molecule has 0 aliphatic carbocycles. The maximum atomic E-state index is 12.7. The minimum absolute atomic E-state index is 0.0782. The van der Waals surface area contributed by atoms with Gasteiger partial charge in [0.15, 0.2) is 11.6 Å². The highest BCUT2D eigenvalue weighted by Crippen LogP contribution is 2.36. The molecule has 0 unspecified atom stereocenters. The van der Waals surface area contributed by atoms with E-state index in [0.29, 0.717) is 27.8 Å². The number of ketones is 2. The second kappa shape index (κ2) is 7.91. The van der Waals surface area contributed by atoms with E-state index in [2.05, 4.69) is 4.74 Å². The van der Waals surface area contributed by atoms with Crippen LogP contribution in [0.3, 0.4) is 0 Å². The third-order valence-electron chi connectivity index (χ3n) is 4.43. The Morgan fingerprint density at radius 3 is 1.55 bits per heavy atom. The van der Waals surface area contributed by atoms with Crippen molar-refractivity contribution in [2.24, 2.45) is 0 Å². The van der Waals surface area contributed by atoms with Crippen LogP contribution in [-0.4, -0.2) is 17.9 Å². The molecule has 6 heteroatoms. The lowest BCUT2D eigenvalue weighted by Crippen LogP contribution is -2.17. The predicted octanol–water partition coefficient (Wildman–Crippen LogP) is 6.32. The van der Waals surface area contributed by atoms with Crippen molar-refractivity contribution in [3.8, 4) is 28.0 Å². The molecule has 29 heavy (non-hydrogen) atoms. The van der Waals surface area contributed by atoms with Gasteiger partial charge in [-0.15, -0.1) is 13.2 Å². The van der Waals surface area contributed by atoms with Crippen molar-refractivity contribution in [1.82, 2.24) is 0 Å². The summed E-state index contributed by atoms with van der Waals surface area (Å²) in [6.45, 7) is 2.90. The summed E-state index contributed by atoms with van der Waals surface area (Å²) in [6.07, 6.45) is -4.81. The summed E-state index contributed by atoms with van der Waals surface area (Å²) < 4.78 is 42.1. The van der Waals surface area contributed by atoms with Crippen LogP contribution in [0.25, 0.3) is 22.3 Å². The number of alkyl halides is 3. The molecule has 3 aromatic rings. The van der Waals surface area contributed by atoms with Crippen molar-refractivity contribution in [2.75, 3.05) is 0 Å². The smallest absolute Gasteiger partial charge is 0.406 e. The Morgan fingerprint density at radius 2 is 1.14 bits per heavy atom. The lowest BCUT2D eigenvalue weighted by molar-refractivity contribution is -0.274. The third kappa shape index (κ3) is 4.90. The van der Waals surface area contributed by atoms with Gasteiger partial charge in [-0.05, 0) is 48.2 Å². The van der Waals surface area contributed by atoms with Crippen LogP contribution >= 0.6 is 0 Å². The van der Waals surface area contributed by atoms with Crippen molar-refractivity contribution in [1.29, 1.82) is 0 Å². The lowest BCUT2D eigenvalue weighted by Gasteiger charge is -2.15. The van der Waals surface area contributed by atoms with Crippen LogP contribution in [0.5, 0.6) is 5.75 Å². The highest BCUT2D eigenvalue weighted by Gasteiger charge is 2.31. The number of ether oxygens (including phenoxy) is 1. The lowest BCUT2D eigenvalue weighted by atomic mass is 9.93. The van der Waals surface area contributed by atoms with Gasteiger partial charge in [-0.1, -0.05) is 54.6 Å². The first-order valence-corrected chi connectivity index (χ1v) is 8.76. The summed E-state index contributed by atoms with van der Waals surface area (Å²) in [5.41, 5.74) is 3.59. The molecule has 0 heterocycles. The molecule has 3 aromatic carbocycles. The van der Waals surface area contributed by atoms with Gasteiger partial charge in [-0.2, -0.15) is 0 Å². The van der Waals surface area contributed by atoms with Crippen LogP contribution < -0.4 is 4.74 Å². The zero-order valence-electron chi connectivity index (χ0n) is 15.7. The van der Waals surface area contributed by atoms with Crippen LogP contribution in [0.4, 0.5) is 13.2 Å². The molecule has 0 bridgehead atoms. The van der Waals surface area contributed by atoms with Gasteiger partial charge in [0, 0.05) is 11.1 Å². The van der Waals surface area contributed by atoms with Crippen molar-refractivity contribution in [3.63, 3.8) is 0 Å². The van der Waals surface area contributed by atoms with E-state index in [1.165, 1.54) is 32.0 Å². The van der Waals surface area contributed by atoms with E-state index in [0.717, 1.165) is 5.56 Å². The van der Waals surface area contributed by atoms with E-state index >= 15 is 0 Å². The molecule has 3 nitrogen and oxygen atoms in total. The van der Waals surface area contributed by atoms with E-state index in [1.807, 2.05) is 0 Å². The minimum Gasteiger partial charge on any atom is -0.406 e. The van der Waals surface area contributed by atoms with Crippen molar-refractivity contribution in [2.45, 2.75) is 20.2 Å². The molecule has 3 rings (SSSR count). The highest BCUT2D eigenvalue weighted by atomic mass is 19.4. The normalized spacial score (nSPS) is 11.2. The zero-order valence-corrected chi connectivity index (χ0v) is 15.7. The number of benzene rings is 3. The molecule has 0 aliphatic heterocycles. The average molecular weight is 398 g/mol. The largest absolute Gasteiger partial charge is 0.573 e. The summed E-state index contributed by atoms with van der Waals surface area (Å²) >= 11 is 0. The second-order valence-corrected chi connectivity index (χ2v) is 6.52. The van der Waals surface area contributed by atoms with Gasteiger partial charge in [-0.25, -0.2) is 0 Å². The van der Waals surface area contributed by atoms with Gasteiger partial charge in [0.05, 0.1) is 0 Å². The summed E-state index contributed by atoms with van der Waals surface area (Å²) in [6, 6.07) is 17.5. The molecule has 148 valence electrons. The maximum Gasteiger partial charge on any atom is 0.573 e. The summed E-state index contributed by atoms with van der Waals surface area (Å²) in [4.78, 5) is 23.0. The van der Waals surface area contributed by atoms with Gasteiger partial charge in [-0.3, -0.25) is 9.59 Å². The van der Waals surface area contributed by atoms with Gasteiger partial charge >= 0.3 is 6.36 Å². The molecule has 0 saturated heterocycles. The number of Topliss-reactive ketones (excluding diaryl/α,β-unsaturated/α-hetero) is 2. The first-order valence-electron chi connectivity index (χ1n) is 8.76. The first kappa shape index (κ1) is 20.3.